The summed E-state index contributed by atoms with van der Waals surface area (Å²) >= 11 is 0. The molecule has 0 radical (unpaired) electrons. The van der Waals surface area contributed by atoms with Gasteiger partial charge in [-0.05, 0) is 66.3 Å². The first-order valence-electron chi connectivity index (χ1n) is 9.55. The molecule has 2 heterocycles. The van der Waals surface area contributed by atoms with Crippen molar-refractivity contribution in [3.05, 3.63) is 30.1 Å². The number of amides is 1. The highest BCUT2D eigenvalue weighted by Crippen LogP contribution is 2.21. The summed E-state index contributed by atoms with van der Waals surface area (Å²) in [5.41, 5.74) is 0.744. The van der Waals surface area contributed by atoms with E-state index >= 15 is 0 Å². The summed E-state index contributed by atoms with van der Waals surface area (Å²) in [4.78, 5) is 18.7. The second-order valence-electron chi connectivity index (χ2n) is 7.48. The number of ether oxygens (including phenoxy) is 2. The van der Waals surface area contributed by atoms with Gasteiger partial charge in [0.25, 0.3) is 5.89 Å². The third-order valence-corrected chi connectivity index (χ3v) is 5.82. The number of benzene rings is 1. The van der Waals surface area contributed by atoms with E-state index in [1.54, 1.807) is 35.4 Å². The molecule has 0 bridgehead atoms. The van der Waals surface area contributed by atoms with E-state index in [2.05, 4.69) is 16.0 Å². The normalized spacial score (nSPS) is 17.3. The molecule has 1 atom stereocenters. The number of hydrogen-bond donors (Lipinski definition) is 0. The summed E-state index contributed by atoms with van der Waals surface area (Å²) in [5, 5.41) is 3.96. The quantitative estimate of drug-likeness (QED) is 0.662. The highest BCUT2D eigenvalue weighted by atomic mass is 32.2. The summed E-state index contributed by atoms with van der Waals surface area (Å²) < 4.78 is 28.4. The lowest BCUT2D eigenvalue weighted by Crippen LogP contribution is -2.41. The van der Waals surface area contributed by atoms with Crippen LogP contribution in [0.25, 0.3) is 11.5 Å². The van der Waals surface area contributed by atoms with Gasteiger partial charge in [0.05, 0.1) is 12.2 Å². The van der Waals surface area contributed by atoms with Crippen molar-refractivity contribution in [2.45, 2.75) is 50.4 Å². The largest absolute Gasteiger partial charge is 0.447 e. The fraction of sp³-hybridized carbons (Fsp3) is 0.500. The monoisotopic (exact) mass is 421 g/mol. The molecule has 1 saturated heterocycles. The first-order chi connectivity index (χ1) is 13.7. The number of hydrogen-bond acceptors (Lipinski definition) is 7. The lowest BCUT2D eigenvalue weighted by Gasteiger charge is -2.31. The molecule has 1 fully saturated rings. The van der Waals surface area contributed by atoms with Crippen LogP contribution in [-0.4, -0.2) is 62.8 Å². The van der Waals surface area contributed by atoms with Crippen molar-refractivity contribution >= 4 is 21.5 Å². The van der Waals surface area contributed by atoms with Gasteiger partial charge in [-0.1, -0.05) is 5.16 Å². The van der Waals surface area contributed by atoms with Crippen molar-refractivity contribution in [1.82, 2.24) is 15.0 Å². The molecule has 1 aromatic heterocycles. The molecule has 2 aromatic rings. The Balaban J connectivity index is 1.50. The van der Waals surface area contributed by atoms with E-state index in [1.165, 1.54) is 0 Å². The number of carbonyl (C=O) groups excluding carboxylic acids is 1. The Morgan fingerprint density at radius 1 is 1.31 bits per heavy atom. The Bertz CT molecular complexity index is 929. The molecule has 1 aliphatic heterocycles. The predicted octanol–water partition coefficient (Wildman–Crippen LogP) is 2.97. The van der Waals surface area contributed by atoms with Gasteiger partial charge in [-0.15, -0.1) is 0 Å². The van der Waals surface area contributed by atoms with Gasteiger partial charge < -0.3 is 18.9 Å². The Labute approximate surface area is 171 Å². The van der Waals surface area contributed by atoms with Gasteiger partial charge in [0, 0.05) is 29.8 Å². The van der Waals surface area contributed by atoms with E-state index in [0.29, 0.717) is 29.7 Å². The third-order valence-electron chi connectivity index (χ3n) is 4.55. The van der Waals surface area contributed by atoms with Gasteiger partial charge in [0.15, 0.2) is 5.82 Å². The Morgan fingerprint density at radius 2 is 1.97 bits per heavy atom. The number of likely N-dealkylation sites (tertiary alicyclic amines) is 1. The maximum atomic E-state index is 12.0. The van der Waals surface area contributed by atoms with Crippen molar-refractivity contribution in [1.29, 1.82) is 0 Å². The van der Waals surface area contributed by atoms with Crippen molar-refractivity contribution in [2.24, 2.45) is 0 Å². The van der Waals surface area contributed by atoms with Gasteiger partial charge >= 0.3 is 6.09 Å². The molecule has 3 rings (SSSR count). The molecule has 0 aliphatic carbocycles. The Hall–Kier alpha value is -2.39. The first kappa shape index (κ1) is 21.3. The van der Waals surface area contributed by atoms with Crippen LogP contribution in [0, 0.1) is 0 Å². The lowest BCUT2D eigenvalue weighted by atomic mass is 10.1. The third kappa shape index (κ3) is 5.80. The maximum Gasteiger partial charge on any atom is 0.410 e. The minimum atomic E-state index is -2.25. The maximum absolute atomic E-state index is 12.0. The summed E-state index contributed by atoms with van der Waals surface area (Å²) in [5.74, 6) is 4.52. The Morgan fingerprint density at radius 3 is 2.55 bits per heavy atom. The molecular weight excluding hydrogens is 394 g/mol. The molecule has 1 aliphatic rings. The van der Waals surface area contributed by atoms with Crippen LogP contribution in [0.5, 0.6) is 0 Å². The number of rotatable bonds is 6. The van der Waals surface area contributed by atoms with Crippen LogP contribution in [0.4, 0.5) is 4.79 Å². The standard InChI is InChI=1S/C20H27N3O5S/c1-14(2)27-20(24)23-11-9-16(10-12-23)26-13-18-21-19(28-22-18)15-5-7-17(8-6-15)29(3,4)25/h5-8,14,16H,3,9-13H2,1-2,4H3. The van der Waals surface area contributed by atoms with E-state index in [4.69, 9.17) is 14.0 Å². The van der Waals surface area contributed by atoms with Crippen LogP contribution in [0.2, 0.25) is 0 Å². The van der Waals surface area contributed by atoms with Crippen LogP contribution in [-0.2, 0) is 25.6 Å². The lowest BCUT2D eigenvalue weighted by molar-refractivity contribution is -0.00899. The molecular formula is C20H27N3O5S. The molecule has 29 heavy (non-hydrogen) atoms. The van der Waals surface area contributed by atoms with Crippen molar-refractivity contribution in [3.63, 3.8) is 0 Å². The van der Waals surface area contributed by atoms with Crippen LogP contribution >= 0.6 is 0 Å². The van der Waals surface area contributed by atoms with Gasteiger partial charge in [0.2, 0.25) is 0 Å². The first-order valence-corrected chi connectivity index (χ1v) is 11.7. The number of carbonyl (C=O) groups is 1. The number of nitrogens with zero attached hydrogens (tertiary/aromatic N) is 3. The molecule has 0 N–H and O–H groups in total. The number of piperidine rings is 1. The highest BCUT2D eigenvalue weighted by Gasteiger charge is 2.25. The summed E-state index contributed by atoms with van der Waals surface area (Å²) in [6.45, 7) is 5.12. The predicted molar refractivity (Wildman–Crippen MR) is 110 cm³/mol. The molecule has 8 nitrogen and oxygen atoms in total. The van der Waals surface area contributed by atoms with Gasteiger partial charge in [0.1, 0.15) is 6.61 Å². The van der Waals surface area contributed by atoms with Gasteiger partial charge in [-0.25, -0.2) is 4.79 Å². The van der Waals surface area contributed by atoms with Crippen LogP contribution in [0.15, 0.2) is 33.7 Å². The topological polar surface area (TPSA) is 94.8 Å². The van der Waals surface area contributed by atoms with Crippen molar-refractivity contribution < 1.29 is 23.0 Å². The highest BCUT2D eigenvalue weighted by molar-refractivity contribution is 7.99. The van der Waals surface area contributed by atoms with Crippen LogP contribution < -0.4 is 0 Å². The Kier molecular flexibility index (Phi) is 6.59. The second kappa shape index (κ2) is 8.96. The number of aromatic nitrogens is 2. The van der Waals surface area contributed by atoms with Crippen LogP contribution in [0.1, 0.15) is 32.5 Å². The molecule has 0 spiro atoms. The zero-order chi connectivity index (χ0) is 21.0. The van der Waals surface area contributed by atoms with Crippen molar-refractivity contribution in [2.75, 3.05) is 19.3 Å². The molecule has 9 heteroatoms. The summed E-state index contributed by atoms with van der Waals surface area (Å²) in [7, 11) is -2.25. The van der Waals surface area contributed by atoms with E-state index in [0.717, 1.165) is 18.4 Å². The molecule has 158 valence electrons. The molecule has 1 unspecified atom stereocenters. The fourth-order valence-electron chi connectivity index (χ4n) is 2.99. The minimum Gasteiger partial charge on any atom is -0.447 e. The second-order valence-corrected chi connectivity index (χ2v) is 9.96. The zero-order valence-corrected chi connectivity index (χ0v) is 17.8. The zero-order valence-electron chi connectivity index (χ0n) is 17.0. The molecule has 1 aromatic carbocycles. The van der Waals surface area contributed by atoms with E-state index < -0.39 is 9.52 Å². The minimum absolute atomic E-state index is 0.0362. The fourth-order valence-corrected chi connectivity index (χ4v) is 3.70. The smallest absolute Gasteiger partial charge is 0.410 e. The van der Waals surface area contributed by atoms with Gasteiger partial charge in [-0.3, -0.25) is 4.21 Å². The average molecular weight is 422 g/mol. The van der Waals surface area contributed by atoms with E-state index in [9.17, 15) is 9.00 Å². The summed E-state index contributed by atoms with van der Waals surface area (Å²) in [6, 6.07) is 7.08. The molecule has 0 saturated carbocycles. The summed E-state index contributed by atoms with van der Waals surface area (Å²) in [6.07, 6.45) is 2.72. The van der Waals surface area contributed by atoms with Crippen LogP contribution in [0.3, 0.4) is 0 Å². The van der Waals surface area contributed by atoms with E-state index in [-0.39, 0.29) is 24.9 Å². The van der Waals surface area contributed by atoms with E-state index in [1.807, 2.05) is 13.8 Å². The SMILES string of the molecule is C=S(C)(=O)c1ccc(-c2nc(COC3CCN(C(=O)OC(C)C)CC3)no2)cc1. The molecule has 1 amide bonds. The van der Waals surface area contributed by atoms with Gasteiger partial charge in [-0.2, -0.15) is 4.98 Å². The van der Waals surface area contributed by atoms with Crippen molar-refractivity contribution in [3.8, 4) is 11.5 Å². The average Bonchev–Trinajstić information content (AvgIpc) is 3.15.